The molecule has 0 aliphatic carbocycles. The molecule has 1 aliphatic rings. The average Bonchev–Trinajstić information content (AvgIpc) is 2.63. The summed E-state index contributed by atoms with van der Waals surface area (Å²) in [5, 5.41) is 8.89. The van der Waals surface area contributed by atoms with Crippen LogP contribution in [0.5, 0.6) is 5.75 Å². The number of nitriles is 1. The Morgan fingerprint density at radius 2 is 2.00 bits per heavy atom. The lowest BCUT2D eigenvalue weighted by molar-refractivity contribution is 0.270. The molecule has 0 amide bonds. The first kappa shape index (κ1) is 16.8. The second-order valence-electron chi connectivity index (χ2n) is 5.88. The van der Waals surface area contributed by atoms with Gasteiger partial charge in [0, 0.05) is 19.6 Å². The molecule has 24 heavy (non-hydrogen) atoms. The molecule has 0 spiro atoms. The molecule has 0 saturated carbocycles. The third-order valence-corrected chi connectivity index (χ3v) is 4.73. The van der Waals surface area contributed by atoms with E-state index in [1.165, 1.54) is 11.1 Å². The molecule has 1 heterocycles. The van der Waals surface area contributed by atoms with Gasteiger partial charge < -0.3 is 4.74 Å². The Labute approximate surface area is 151 Å². The third-order valence-electron chi connectivity index (χ3n) is 4.11. The second-order valence-corrected chi connectivity index (χ2v) is 6.73. The minimum atomic E-state index is 0.601. The summed E-state index contributed by atoms with van der Waals surface area (Å²) in [6, 6.07) is 18.1. The molecule has 2 aromatic rings. The lowest BCUT2D eigenvalue weighted by Gasteiger charge is -2.26. The molecule has 0 atom stereocenters. The van der Waals surface area contributed by atoms with Crippen LogP contribution in [0.3, 0.4) is 0 Å². The van der Waals surface area contributed by atoms with Gasteiger partial charge in [0.05, 0.1) is 16.1 Å². The zero-order valence-electron chi connectivity index (χ0n) is 13.4. The fourth-order valence-electron chi connectivity index (χ4n) is 2.73. The molecule has 4 heteroatoms. The van der Waals surface area contributed by atoms with E-state index in [4.69, 9.17) is 10.00 Å². The molecule has 2 aromatic carbocycles. The molecule has 0 aromatic heterocycles. The number of hydrogen-bond acceptors (Lipinski definition) is 3. The van der Waals surface area contributed by atoms with Crippen LogP contribution in [0.4, 0.5) is 0 Å². The van der Waals surface area contributed by atoms with E-state index in [0.29, 0.717) is 12.2 Å². The van der Waals surface area contributed by atoms with Gasteiger partial charge in [-0.05, 0) is 51.7 Å². The maximum absolute atomic E-state index is 8.89. The molecule has 3 rings (SSSR count). The largest absolute Gasteiger partial charge is 0.488 e. The van der Waals surface area contributed by atoms with E-state index in [-0.39, 0.29) is 0 Å². The van der Waals surface area contributed by atoms with Crippen molar-refractivity contribution >= 4 is 15.9 Å². The van der Waals surface area contributed by atoms with Crippen molar-refractivity contribution in [3.05, 3.63) is 75.8 Å². The fourth-order valence-corrected chi connectivity index (χ4v) is 3.22. The van der Waals surface area contributed by atoms with Crippen LogP contribution in [0.25, 0.3) is 0 Å². The molecule has 0 bridgehead atoms. The summed E-state index contributed by atoms with van der Waals surface area (Å²) in [5.41, 5.74) is 3.31. The Hall–Kier alpha value is -2.09. The highest BCUT2D eigenvalue weighted by Gasteiger charge is 2.13. The molecule has 1 aliphatic heterocycles. The topological polar surface area (TPSA) is 36.3 Å². The van der Waals surface area contributed by atoms with Crippen molar-refractivity contribution in [3.63, 3.8) is 0 Å². The molecule has 122 valence electrons. The summed E-state index contributed by atoms with van der Waals surface area (Å²) in [4.78, 5) is 2.44. The van der Waals surface area contributed by atoms with E-state index in [2.05, 4.69) is 63.3 Å². The SMILES string of the molecule is N#Cc1ccc(OCC2=CCN(Cc3ccccc3)CC2)c(Br)c1. The van der Waals surface area contributed by atoms with Gasteiger partial charge in [0.25, 0.3) is 0 Å². The van der Waals surface area contributed by atoms with Crippen LogP contribution in [-0.4, -0.2) is 24.6 Å². The van der Waals surface area contributed by atoms with Crippen molar-refractivity contribution in [3.8, 4) is 11.8 Å². The number of benzene rings is 2. The summed E-state index contributed by atoms with van der Waals surface area (Å²) < 4.78 is 6.71. The third kappa shape index (κ3) is 4.47. The first-order valence-electron chi connectivity index (χ1n) is 8.01. The smallest absolute Gasteiger partial charge is 0.134 e. The summed E-state index contributed by atoms with van der Waals surface area (Å²) in [5.74, 6) is 0.779. The minimum absolute atomic E-state index is 0.601. The number of nitrogens with zero attached hydrogens (tertiary/aromatic N) is 2. The van der Waals surface area contributed by atoms with Crippen LogP contribution >= 0.6 is 15.9 Å². The lowest BCUT2D eigenvalue weighted by atomic mass is 10.1. The van der Waals surface area contributed by atoms with Gasteiger partial charge in [0.2, 0.25) is 0 Å². The number of halogens is 1. The van der Waals surface area contributed by atoms with Crippen molar-refractivity contribution in [2.75, 3.05) is 19.7 Å². The van der Waals surface area contributed by atoms with Gasteiger partial charge in [0.1, 0.15) is 12.4 Å². The Morgan fingerprint density at radius 1 is 1.17 bits per heavy atom. The Kier molecular flexibility index (Phi) is 5.68. The van der Waals surface area contributed by atoms with E-state index in [1.807, 2.05) is 6.07 Å². The van der Waals surface area contributed by atoms with Gasteiger partial charge in [-0.1, -0.05) is 36.4 Å². The Bertz CT molecular complexity index is 765. The quantitative estimate of drug-likeness (QED) is 0.712. The van der Waals surface area contributed by atoms with Crippen molar-refractivity contribution in [1.29, 1.82) is 5.26 Å². The van der Waals surface area contributed by atoms with Crippen molar-refractivity contribution in [2.24, 2.45) is 0 Å². The maximum Gasteiger partial charge on any atom is 0.134 e. The van der Waals surface area contributed by atoms with Crippen molar-refractivity contribution < 1.29 is 4.74 Å². The molecular formula is C20H19BrN2O. The number of hydrogen-bond donors (Lipinski definition) is 0. The molecule has 0 N–H and O–H groups in total. The Balaban J connectivity index is 1.52. The fraction of sp³-hybridized carbons (Fsp3) is 0.250. The lowest BCUT2D eigenvalue weighted by Crippen LogP contribution is -2.29. The van der Waals surface area contributed by atoms with Gasteiger partial charge in [-0.15, -0.1) is 0 Å². The number of ether oxygens (including phenoxy) is 1. The van der Waals surface area contributed by atoms with E-state index >= 15 is 0 Å². The van der Waals surface area contributed by atoms with Gasteiger partial charge in [0.15, 0.2) is 0 Å². The van der Waals surface area contributed by atoms with E-state index in [0.717, 1.165) is 36.3 Å². The first-order valence-corrected chi connectivity index (χ1v) is 8.80. The summed E-state index contributed by atoms with van der Waals surface area (Å²) in [6.07, 6.45) is 3.30. The highest BCUT2D eigenvalue weighted by molar-refractivity contribution is 9.10. The van der Waals surface area contributed by atoms with Crippen LogP contribution in [0.2, 0.25) is 0 Å². The second kappa shape index (κ2) is 8.14. The maximum atomic E-state index is 8.89. The van der Waals surface area contributed by atoms with Gasteiger partial charge in [-0.25, -0.2) is 0 Å². The molecule has 0 radical (unpaired) electrons. The Morgan fingerprint density at radius 3 is 2.67 bits per heavy atom. The van der Waals surface area contributed by atoms with Crippen LogP contribution in [0.15, 0.2) is 64.7 Å². The summed E-state index contributed by atoms with van der Waals surface area (Å²) in [7, 11) is 0. The summed E-state index contributed by atoms with van der Waals surface area (Å²) in [6.45, 7) is 3.61. The molecule has 0 fully saturated rings. The average molecular weight is 383 g/mol. The van der Waals surface area contributed by atoms with Gasteiger partial charge in [-0.3, -0.25) is 4.90 Å². The monoisotopic (exact) mass is 382 g/mol. The highest BCUT2D eigenvalue weighted by Crippen LogP contribution is 2.26. The molecule has 3 nitrogen and oxygen atoms in total. The molecular weight excluding hydrogens is 364 g/mol. The standard InChI is InChI=1S/C20H19BrN2O/c21-19-12-18(13-22)6-7-20(19)24-15-17-8-10-23(11-9-17)14-16-4-2-1-3-5-16/h1-8,12H,9-11,14-15H2. The van der Waals surface area contributed by atoms with E-state index < -0.39 is 0 Å². The van der Waals surface area contributed by atoms with Crippen molar-refractivity contribution in [1.82, 2.24) is 4.90 Å². The zero-order chi connectivity index (χ0) is 16.8. The summed E-state index contributed by atoms with van der Waals surface area (Å²) >= 11 is 3.46. The van der Waals surface area contributed by atoms with E-state index in [1.54, 1.807) is 12.1 Å². The first-order chi connectivity index (χ1) is 11.7. The predicted molar refractivity (Wildman–Crippen MR) is 98.8 cm³/mol. The molecule has 0 unspecified atom stereocenters. The van der Waals surface area contributed by atoms with Crippen LogP contribution in [-0.2, 0) is 6.54 Å². The normalized spacial score (nSPS) is 14.8. The van der Waals surface area contributed by atoms with Gasteiger partial charge in [-0.2, -0.15) is 5.26 Å². The van der Waals surface area contributed by atoms with E-state index in [9.17, 15) is 0 Å². The molecule has 0 saturated heterocycles. The highest BCUT2D eigenvalue weighted by atomic mass is 79.9. The van der Waals surface area contributed by atoms with Crippen LogP contribution in [0.1, 0.15) is 17.5 Å². The number of rotatable bonds is 5. The van der Waals surface area contributed by atoms with Crippen LogP contribution in [0, 0.1) is 11.3 Å². The van der Waals surface area contributed by atoms with Crippen LogP contribution < -0.4 is 4.74 Å². The van der Waals surface area contributed by atoms with Gasteiger partial charge >= 0.3 is 0 Å². The minimum Gasteiger partial charge on any atom is -0.488 e. The van der Waals surface area contributed by atoms with Crippen molar-refractivity contribution in [2.45, 2.75) is 13.0 Å². The predicted octanol–water partition coefficient (Wildman–Crippen LogP) is 4.53. The zero-order valence-corrected chi connectivity index (χ0v) is 15.0.